The number of esters is 1. The molecule has 3 heterocycles. The quantitative estimate of drug-likeness (QED) is 0.531. The first-order valence-electron chi connectivity index (χ1n) is 8.27. The number of nitrogens with zero attached hydrogens (tertiary/aromatic N) is 5. The fourth-order valence-corrected chi connectivity index (χ4v) is 2.89. The fourth-order valence-electron chi connectivity index (χ4n) is 2.89. The SMILES string of the molecule is CCOC(=O)c1cc(-c2ccn(C)n2)n(-c2cccc3cnccc23)n1. The van der Waals surface area contributed by atoms with Crippen molar-refractivity contribution in [2.24, 2.45) is 7.05 Å². The highest BCUT2D eigenvalue weighted by molar-refractivity contribution is 5.92. The van der Waals surface area contributed by atoms with Gasteiger partial charge in [0, 0.05) is 42.5 Å². The Balaban J connectivity index is 1.95. The molecule has 4 aromatic rings. The van der Waals surface area contributed by atoms with Crippen LogP contribution in [0.3, 0.4) is 0 Å². The lowest BCUT2D eigenvalue weighted by Gasteiger charge is -2.09. The predicted molar refractivity (Wildman–Crippen MR) is 97.0 cm³/mol. The number of carbonyl (C=O) groups is 1. The monoisotopic (exact) mass is 347 g/mol. The summed E-state index contributed by atoms with van der Waals surface area (Å²) >= 11 is 0. The maximum absolute atomic E-state index is 12.2. The van der Waals surface area contributed by atoms with Crippen LogP contribution in [0, 0.1) is 0 Å². The molecule has 7 heteroatoms. The molecule has 0 saturated heterocycles. The van der Waals surface area contributed by atoms with Gasteiger partial charge in [0.2, 0.25) is 0 Å². The fraction of sp³-hybridized carbons (Fsp3) is 0.158. The maximum Gasteiger partial charge on any atom is 0.358 e. The number of rotatable bonds is 4. The van der Waals surface area contributed by atoms with Crippen molar-refractivity contribution >= 4 is 16.7 Å². The van der Waals surface area contributed by atoms with E-state index in [2.05, 4.69) is 15.2 Å². The second kappa shape index (κ2) is 6.44. The zero-order chi connectivity index (χ0) is 18.1. The summed E-state index contributed by atoms with van der Waals surface area (Å²) in [5, 5.41) is 10.9. The summed E-state index contributed by atoms with van der Waals surface area (Å²) in [6.45, 7) is 2.07. The van der Waals surface area contributed by atoms with Crippen LogP contribution in [-0.4, -0.2) is 37.1 Å². The van der Waals surface area contributed by atoms with E-state index in [1.54, 1.807) is 34.7 Å². The van der Waals surface area contributed by atoms with E-state index >= 15 is 0 Å². The van der Waals surface area contributed by atoms with Crippen molar-refractivity contribution in [1.29, 1.82) is 0 Å². The maximum atomic E-state index is 12.2. The number of hydrogen-bond acceptors (Lipinski definition) is 5. The standard InChI is InChI=1S/C19H17N5O2/c1-3-26-19(25)16-11-18(15-8-10-23(2)21-15)24(22-16)17-6-4-5-13-12-20-9-7-14(13)17/h4-12H,3H2,1-2H3. The van der Waals surface area contributed by atoms with Gasteiger partial charge in [-0.3, -0.25) is 9.67 Å². The van der Waals surface area contributed by atoms with Gasteiger partial charge >= 0.3 is 5.97 Å². The van der Waals surface area contributed by atoms with Crippen molar-refractivity contribution in [3.8, 4) is 17.1 Å². The van der Waals surface area contributed by atoms with Crippen LogP contribution < -0.4 is 0 Å². The second-order valence-electron chi connectivity index (χ2n) is 5.80. The summed E-state index contributed by atoms with van der Waals surface area (Å²) in [7, 11) is 1.85. The van der Waals surface area contributed by atoms with Gasteiger partial charge in [-0.25, -0.2) is 9.48 Å². The number of hydrogen-bond donors (Lipinski definition) is 0. The van der Waals surface area contributed by atoms with Gasteiger partial charge in [-0.15, -0.1) is 0 Å². The van der Waals surface area contributed by atoms with Crippen LogP contribution >= 0.6 is 0 Å². The smallest absolute Gasteiger partial charge is 0.358 e. The molecule has 0 bridgehead atoms. The number of fused-ring (bicyclic) bond motifs is 1. The Hall–Kier alpha value is -3.48. The highest BCUT2D eigenvalue weighted by atomic mass is 16.5. The van der Waals surface area contributed by atoms with Gasteiger partial charge < -0.3 is 4.74 Å². The van der Waals surface area contributed by atoms with Gasteiger partial charge in [0.1, 0.15) is 5.69 Å². The lowest BCUT2D eigenvalue weighted by atomic mass is 10.1. The molecule has 0 unspecified atom stereocenters. The molecule has 0 aliphatic heterocycles. The van der Waals surface area contributed by atoms with Crippen LogP contribution in [0.25, 0.3) is 27.8 Å². The lowest BCUT2D eigenvalue weighted by Crippen LogP contribution is -2.07. The number of aromatic nitrogens is 5. The van der Waals surface area contributed by atoms with Gasteiger partial charge in [-0.1, -0.05) is 12.1 Å². The summed E-state index contributed by atoms with van der Waals surface area (Å²) in [6.07, 6.45) is 5.39. The molecule has 130 valence electrons. The van der Waals surface area contributed by atoms with E-state index in [1.807, 2.05) is 43.6 Å². The van der Waals surface area contributed by atoms with Crippen molar-refractivity contribution in [1.82, 2.24) is 24.5 Å². The van der Waals surface area contributed by atoms with Gasteiger partial charge in [0.15, 0.2) is 5.69 Å². The van der Waals surface area contributed by atoms with Gasteiger partial charge in [0.25, 0.3) is 0 Å². The molecule has 0 atom stereocenters. The third kappa shape index (κ3) is 2.73. The zero-order valence-corrected chi connectivity index (χ0v) is 14.5. The van der Waals surface area contributed by atoms with E-state index in [1.165, 1.54) is 0 Å². The van der Waals surface area contributed by atoms with E-state index in [4.69, 9.17) is 4.74 Å². The Labute approximate surface area is 149 Å². The first kappa shape index (κ1) is 16.0. The Morgan fingerprint density at radius 1 is 1.19 bits per heavy atom. The molecular weight excluding hydrogens is 330 g/mol. The van der Waals surface area contributed by atoms with Crippen molar-refractivity contribution in [2.45, 2.75) is 6.92 Å². The molecular formula is C19H17N5O2. The van der Waals surface area contributed by atoms with Crippen molar-refractivity contribution in [3.05, 3.63) is 60.7 Å². The van der Waals surface area contributed by atoms with Crippen molar-refractivity contribution in [2.75, 3.05) is 6.61 Å². The molecule has 0 amide bonds. The summed E-state index contributed by atoms with van der Waals surface area (Å²) in [6, 6.07) is 11.4. The van der Waals surface area contributed by atoms with Gasteiger partial charge in [0.05, 0.1) is 18.0 Å². The Kier molecular flexibility index (Phi) is 3.96. The normalized spacial score (nSPS) is 11.0. The minimum Gasteiger partial charge on any atom is -0.461 e. The molecule has 0 N–H and O–H groups in total. The summed E-state index contributed by atoms with van der Waals surface area (Å²) in [5.74, 6) is -0.453. The topological polar surface area (TPSA) is 74.8 Å². The van der Waals surface area contributed by atoms with Crippen LogP contribution in [-0.2, 0) is 11.8 Å². The molecule has 7 nitrogen and oxygen atoms in total. The minimum atomic E-state index is -0.453. The van der Waals surface area contributed by atoms with E-state index in [-0.39, 0.29) is 5.69 Å². The molecule has 3 aromatic heterocycles. The van der Waals surface area contributed by atoms with E-state index in [0.717, 1.165) is 27.8 Å². The average Bonchev–Trinajstić information content (AvgIpc) is 3.28. The molecule has 0 aliphatic carbocycles. The number of benzene rings is 1. The van der Waals surface area contributed by atoms with Crippen LogP contribution in [0.15, 0.2) is 55.0 Å². The average molecular weight is 347 g/mol. The number of carbonyl (C=O) groups excluding carboxylic acids is 1. The second-order valence-corrected chi connectivity index (χ2v) is 5.80. The van der Waals surface area contributed by atoms with E-state index in [9.17, 15) is 4.79 Å². The first-order chi connectivity index (χ1) is 12.7. The van der Waals surface area contributed by atoms with Crippen molar-refractivity contribution in [3.63, 3.8) is 0 Å². The Morgan fingerprint density at radius 2 is 2.08 bits per heavy atom. The van der Waals surface area contributed by atoms with Gasteiger partial charge in [-0.2, -0.15) is 10.2 Å². The molecule has 26 heavy (non-hydrogen) atoms. The number of ether oxygens (including phenoxy) is 1. The molecule has 0 spiro atoms. The third-order valence-electron chi connectivity index (χ3n) is 4.06. The Morgan fingerprint density at radius 3 is 2.85 bits per heavy atom. The summed E-state index contributed by atoms with van der Waals surface area (Å²) < 4.78 is 8.56. The van der Waals surface area contributed by atoms with Crippen molar-refractivity contribution < 1.29 is 9.53 Å². The molecule has 0 fully saturated rings. The van der Waals surface area contributed by atoms with Gasteiger partial charge in [-0.05, 0) is 25.1 Å². The summed E-state index contributed by atoms with van der Waals surface area (Å²) in [4.78, 5) is 16.4. The predicted octanol–water partition coefficient (Wildman–Crippen LogP) is 3.00. The highest BCUT2D eigenvalue weighted by Gasteiger charge is 2.20. The number of pyridine rings is 1. The summed E-state index contributed by atoms with van der Waals surface area (Å²) in [5.41, 5.74) is 2.54. The molecule has 1 aromatic carbocycles. The Bertz CT molecular complexity index is 1090. The highest BCUT2D eigenvalue weighted by Crippen LogP contribution is 2.27. The third-order valence-corrected chi connectivity index (χ3v) is 4.06. The zero-order valence-electron chi connectivity index (χ0n) is 14.5. The molecule has 4 rings (SSSR count). The van der Waals surface area contributed by atoms with E-state index in [0.29, 0.717) is 6.61 Å². The van der Waals surface area contributed by atoms with Crippen LogP contribution in [0.5, 0.6) is 0 Å². The van der Waals surface area contributed by atoms with Crippen LogP contribution in [0.2, 0.25) is 0 Å². The molecule has 0 saturated carbocycles. The number of aryl methyl sites for hydroxylation is 1. The van der Waals surface area contributed by atoms with E-state index < -0.39 is 5.97 Å². The largest absolute Gasteiger partial charge is 0.461 e. The first-order valence-corrected chi connectivity index (χ1v) is 8.27. The minimum absolute atomic E-state index is 0.249. The molecule has 0 radical (unpaired) electrons. The lowest BCUT2D eigenvalue weighted by molar-refractivity contribution is 0.0519. The molecule has 0 aliphatic rings. The van der Waals surface area contributed by atoms with Crippen LogP contribution in [0.1, 0.15) is 17.4 Å². The van der Waals surface area contributed by atoms with Crippen LogP contribution in [0.4, 0.5) is 0 Å².